The summed E-state index contributed by atoms with van der Waals surface area (Å²) in [6.45, 7) is 10.6. The van der Waals surface area contributed by atoms with Crippen molar-refractivity contribution in [3.63, 3.8) is 0 Å². The van der Waals surface area contributed by atoms with Crippen molar-refractivity contribution in [3.05, 3.63) is 70.9 Å². The van der Waals surface area contributed by atoms with Crippen LogP contribution in [0.3, 0.4) is 0 Å². The van der Waals surface area contributed by atoms with E-state index in [1.807, 2.05) is 26.1 Å². The van der Waals surface area contributed by atoms with Crippen LogP contribution in [0.1, 0.15) is 49.1 Å². The fourth-order valence-electron chi connectivity index (χ4n) is 4.68. The van der Waals surface area contributed by atoms with Gasteiger partial charge in [-0.3, -0.25) is 9.78 Å². The third kappa shape index (κ3) is 6.01. The molecule has 0 radical (unpaired) electrons. The zero-order chi connectivity index (χ0) is 25.9. The van der Waals surface area contributed by atoms with Crippen LogP contribution >= 0.6 is 0 Å². The predicted molar refractivity (Wildman–Crippen MR) is 139 cm³/mol. The molecule has 0 bridgehead atoms. The molecule has 0 saturated carbocycles. The second-order valence-corrected chi connectivity index (χ2v) is 10.4. The number of hydrogen-bond acceptors (Lipinski definition) is 5. The number of ether oxygens (including phenoxy) is 1. The highest BCUT2D eigenvalue weighted by molar-refractivity contribution is 5.84. The molecule has 0 spiro atoms. The molecule has 1 aliphatic heterocycles. The first-order valence-electron chi connectivity index (χ1n) is 12.4. The Balaban J connectivity index is 1.61. The molecule has 0 aliphatic carbocycles. The quantitative estimate of drug-likeness (QED) is 0.431. The number of benzene rings is 1. The van der Waals surface area contributed by atoms with Crippen molar-refractivity contribution >= 4 is 11.7 Å². The summed E-state index contributed by atoms with van der Waals surface area (Å²) in [4.78, 5) is 23.2. The number of aliphatic carboxylic acids is 1. The smallest absolute Gasteiger partial charge is 0.307 e. The fourth-order valence-corrected chi connectivity index (χ4v) is 4.68. The lowest BCUT2D eigenvalue weighted by Gasteiger charge is -2.40. The summed E-state index contributed by atoms with van der Waals surface area (Å²) in [5, 5.41) is 9.62. The largest absolute Gasteiger partial charge is 0.481 e. The number of carboxylic acid groups (broad SMARTS) is 1. The summed E-state index contributed by atoms with van der Waals surface area (Å²) in [6.07, 6.45) is 6.27. The normalized spacial score (nSPS) is 15.1. The predicted octanol–water partition coefficient (Wildman–Crippen LogP) is 5.77. The van der Waals surface area contributed by atoms with Crippen molar-refractivity contribution in [2.75, 3.05) is 24.6 Å². The van der Waals surface area contributed by atoms with Crippen LogP contribution in [-0.4, -0.2) is 40.7 Å². The Labute approximate surface area is 212 Å². The summed E-state index contributed by atoms with van der Waals surface area (Å²) in [7, 11) is 0. The van der Waals surface area contributed by atoms with E-state index in [-0.39, 0.29) is 17.7 Å². The summed E-state index contributed by atoms with van der Waals surface area (Å²) in [5.74, 6) is -0.569. The van der Waals surface area contributed by atoms with Gasteiger partial charge in [0.1, 0.15) is 5.82 Å². The van der Waals surface area contributed by atoms with E-state index in [9.17, 15) is 14.3 Å². The highest BCUT2D eigenvalue weighted by Crippen LogP contribution is 2.40. The standard InChI is InChI=1S/C29H34FN3O3/c1-19-15-22(17-32-28(19)36-14-9-21-5-7-23(30)8-6-21)25-18-31-20(2)24(16-26(34)35)27(25)33-12-10-29(3,4)11-13-33/h5-8,15,17-18H,9-14,16H2,1-4H3,(H,34,35). The van der Waals surface area contributed by atoms with Crippen molar-refractivity contribution in [1.29, 1.82) is 0 Å². The average molecular weight is 492 g/mol. The van der Waals surface area contributed by atoms with Crippen molar-refractivity contribution in [1.82, 2.24) is 9.97 Å². The number of anilines is 1. The fraction of sp³-hybridized carbons (Fsp3) is 0.414. The molecule has 3 heterocycles. The van der Waals surface area contributed by atoms with Crippen LogP contribution in [0.25, 0.3) is 11.1 Å². The third-order valence-electron chi connectivity index (χ3n) is 7.01. The number of hydrogen-bond donors (Lipinski definition) is 1. The third-order valence-corrected chi connectivity index (χ3v) is 7.01. The van der Waals surface area contributed by atoms with Gasteiger partial charge in [0.2, 0.25) is 5.88 Å². The zero-order valence-electron chi connectivity index (χ0n) is 21.5. The van der Waals surface area contributed by atoms with E-state index in [0.717, 1.165) is 65.1 Å². The van der Waals surface area contributed by atoms with Crippen LogP contribution in [0.4, 0.5) is 10.1 Å². The minimum absolute atomic E-state index is 0.0705. The Morgan fingerprint density at radius 1 is 1.11 bits per heavy atom. The zero-order valence-corrected chi connectivity index (χ0v) is 21.5. The number of piperidine rings is 1. The molecule has 1 N–H and O–H groups in total. The number of pyridine rings is 2. The SMILES string of the molecule is Cc1cc(-c2cnc(C)c(CC(=O)O)c2N2CCC(C)(C)CC2)cnc1OCCc1ccc(F)cc1. The van der Waals surface area contributed by atoms with Gasteiger partial charge in [-0.05, 0) is 55.9 Å². The molecule has 0 unspecified atom stereocenters. The number of carboxylic acids is 1. The van der Waals surface area contributed by atoms with Crippen molar-refractivity contribution < 1.29 is 19.0 Å². The van der Waals surface area contributed by atoms with E-state index in [2.05, 4.69) is 28.7 Å². The van der Waals surface area contributed by atoms with E-state index < -0.39 is 5.97 Å². The maximum Gasteiger partial charge on any atom is 0.307 e. The second kappa shape index (κ2) is 10.6. The first-order valence-corrected chi connectivity index (χ1v) is 12.4. The van der Waals surface area contributed by atoms with Crippen LogP contribution in [0.5, 0.6) is 5.88 Å². The lowest BCUT2D eigenvalue weighted by atomic mass is 9.82. The van der Waals surface area contributed by atoms with E-state index in [0.29, 0.717) is 18.9 Å². The van der Waals surface area contributed by atoms with E-state index in [1.165, 1.54) is 12.1 Å². The number of halogens is 1. The van der Waals surface area contributed by atoms with Crippen LogP contribution in [0.2, 0.25) is 0 Å². The molecule has 0 amide bonds. The van der Waals surface area contributed by atoms with E-state index in [4.69, 9.17) is 4.74 Å². The molecule has 1 fully saturated rings. The molecular formula is C29H34FN3O3. The maximum atomic E-state index is 13.1. The first kappa shape index (κ1) is 25.6. The monoisotopic (exact) mass is 491 g/mol. The summed E-state index contributed by atoms with van der Waals surface area (Å²) < 4.78 is 19.0. The molecule has 6 nitrogen and oxygen atoms in total. The Morgan fingerprint density at radius 2 is 1.81 bits per heavy atom. The van der Waals surface area contributed by atoms with Gasteiger partial charge in [0.15, 0.2) is 0 Å². The molecule has 7 heteroatoms. The van der Waals surface area contributed by atoms with Gasteiger partial charge in [-0.1, -0.05) is 26.0 Å². The number of aryl methyl sites for hydroxylation is 2. The molecule has 190 valence electrons. The van der Waals surface area contributed by atoms with Gasteiger partial charge < -0.3 is 14.7 Å². The van der Waals surface area contributed by atoms with Gasteiger partial charge in [-0.15, -0.1) is 0 Å². The maximum absolute atomic E-state index is 13.1. The van der Waals surface area contributed by atoms with Gasteiger partial charge in [0.25, 0.3) is 0 Å². The van der Waals surface area contributed by atoms with Gasteiger partial charge in [-0.25, -0.2) is 9.37 Å². The lowest BCUT2D eigenvalue weighted by Crippen LogP contribution is -2.38. The Morgan fingerprint density at radius 3 is 2.44 bits per heavy atom. The highest BCUT2D eigenvalue weighted by atomic mass is 19.1. The minimum atomic E-state index is -0.866. The van der Waals surface area contributed by atoms with Gasteiger partial charge in [0, 0.05) is 59.9 Å². The van der Waals surface area contributed by atoms with Crippen LogP contribution in [0.15, 0.2) is 42.7 Å². The van der Waals surface area contributed by atoms with Gasteiger partial charge in [0.05, 0.1) is 18.7 Å². The topological polar surface area (TPSA) is 75.5 Å². The molecule has 1 saturated heterocycles. The summed E-state index contributed by atoms with van der Waals surface area (Å²) in [5.41, 5.74) is 6.39. The molecule has 0 atom stereocenters. The summed E-state index contributed by atoms with van der Waals surface area (Å²) in [6, 6.07) is 8.43. The molecule has 1 aromatic carbocycles. The van der Waals surface area contributed by atoms with Crippen molar-refractivity contribution in [3.8, 4) is 17.0 Å². The highest BCUT2D eigenvalue weighted by Gasteiger charge is 2.29. The number of rotatable bonds is 8. The Hall–Kier alpha value is -3.48. The number of aromatic nitrogens is 2. The average Bonchev–Trinajstić information content (AvgIpc) is 2.82. The van der Waals surface area contributed by atoms with Crippen molar-refractivity contribution in [2.45, 2.75) is 53.4 Å². The Bertz CT molecular complexity index is 1230. The number of carbonyl (C=O) groups is 1. The Kier molecular flexibility index (Phi) is 7.57. The van der Waals surface area contributed by atoms with Crippen LogP contribution in [-0.2, 0) is 17.6 Å². The van der Waals surface area contributed by atoms with E-state index in [1.54, 1.807) is 18.3 Å². The minimum Gasteiger partial charge on any atom is -0.481 e. The molecular weight excluding hydrogens is 457 g/mol. The van der Waals surface area contributed by atoms with Crippen LogP contribution in [0, 0.1) is 25.1 Å². The lowest BCUT2D eigenvalue weighted by molar-refractivity contribution is -0.136. The van der Waals surface area contributed by atoms with Crippen molar-refractivity contribution in [2.24, 2.45) is 5.41 Å². The molecule has 1 aliphatic rings. The summed E-state index contributed by atoms with van der Waals surface area (Å²) >= 11 is 0. The number of nitrogens with zero attached hydrogens (tertiary/aromatic N) is 3. The van der Waals surface area contributed by atoms with Crippen LogP contribution < -0.4 is 9.64 Å². The molecule has 4 rings (SSSR count). The molecule has 3 aromatic rings. The van der Waals surface area contributed by atoms with E-state index >= 15 is 0 Å². The van der Waals surface area contributed by atoms with Gasteiger partial charge >= 0.3 is 5.97 Å². The molecule has 36 heavy (non-hydrogen) atoms. The molecule has 2 aromatic heterocycles. The second-order valence-electron chi connectivity index (χ2n) is 10.4. The first-order chi connectivity index (χ1) is 17.1. The van der Waals surface area contributed by atoms with Gasteiger partial charge in [-0.2, -0.15) is 0 Å².